The Kier molecular flexibility index (Phi) is 10.1. The van der Waals surface area contributed by atoms with Crippen molar-refractivity contribution in [2.45, 2.75) is 45.3 Å². The Morgan fingerprint density at radius 1 is 0.564 bits per heavy atom. The van der Waals surface area contributed by atoms with Gasteiger partial charge in [0.15, 0.2) is 0 Å². The number of ether oxygens (including phenoxy) is 2. The van der Waals surface area contributed by atoms with Gasteiger partial charge in [0.25, 0.3) is 0 Å². The first-order valence-electron chi connectivity index (χ1n) is 13.6. The van der Waals surface area contributed by atoms with Crippen molar-refractivity contribution in [3.05, 3.63) is 144 Å². The van der Waals surface area contributed by atoms with Crippen molar-refractivity contribution in [2.24, 2.45) is 11.8 Å². The molecule has 0 heterocycles. The molecule has 0 aliphatic heterocycles. The van der Waals surface area contributed by atoms with Crippen LogP contribution in [0.5, 0.6) is 0 Å². The molecule has 0 saturated heterocycles. The van der Waals surface area contributed by atoms with E-state index in [9.17, 15) is 9.59 Å². The maximum atomic E-state index is 13.2. The van der Waals surface area contributed by atoms with Crippen LogP contribution in [0, 0.1) is 11.8 Å². The van der Waals surface area contributed by atoms with E-state index in [1.54, 1.807) is 24.3 Å². The number of rotatable bonds is 12. The molecule has 200 valence electrons. The minimum atomic E-state index is -0.420. The summed E-state index contributed by atoms with van der Waals surface area (Å²) in [6, 6.07) is 38.6. The summed E-state index contributed by atoms with van der Waals surface area (Å²) in [6.45, 7) is 4.00. The lowest BCUT2D eigenvalue weighted by atomic mass is 9.76. The summed E-state index contributed by atoms with van der Waals surface area (Å²) in [5.74, 6) is -0.889. The van der Waals surface area contributed by atoms with E-state index in [1.165, 1.54) is 0 Å². The van der Waals surface area contributed by atoms with Crippen LogP contribution in [-0.2, 0) is 22.3 Å². The number of esters is 2. The van der Waals surface area contributed by atoms with Crippen molar-refractivity contribution >= 4 is 11.9 Å². The maximum Gasteiger partial charge on any atom is 0.338 e. The number of carbonyl (C=O) groups excluding carboxylic acids is 2. The van der Waals surface area contributed by atoms with Gasteiger partial charge in [0, 0.05) is 11.8 Å². The first-order valence-corrected chi connectivity index (χ1v) is 13.6. The molecule has 0 bridgehead atoms. The normalized spacial score (nSPS) is 14.0. The molecule has 4 unspecified atom stereocenters. The van der Waals surface area contributed by atoms with E-state index in [0.29, 0.717) is 30.4 Å². The molecule has 4 rings (SSSR count). The average Bonchev–Trinajstić information content (AvgIpc) is 2.99. The lowest BCUT2D eigenvalue weighted by Crippen LogP contribution is -2.40. The highest BCUT2D eigenvalue weighted by molar-refractivity contribution is 5.90. The highest BCUT2D eigenvalue weighted by atomic mass is 16.5. The van der Waals surface area contributed by atoms with Crippen molar-refractivity contribution in [3.8, 4) is 0 Å². The zero-order chi connectivity index (χ0) is 27.5. The predicted molar refractivity (Wildman–Crippen MR) is 155 cm³/mol. The van der Waals surface area contributed by atoms with Gasteiger partial charge in [-0.1, -0.05) is 104 Å². The summed E-state index contributed by atoms with van der Waals surface area (Å²) in [4.78, 5) is 26.3. The highest BCUT2D eigenvalue weighted by Gasteiger charge is 2.36. The highest BCUT2D eigenvalue weighted by Crippen LogP contribution is 2.33. The van der Waals surface area contributed by atoms with Crippen molar-refractivity contribution in [3.63, 3.8) is 0 Å². The summed E-state index contributed by atoms with van der Waals surface area (Å²) in [7, 11) is 0. The van der Waals surface area contributed by atoms with Crippen LogP contribution in [0.2, 0.25) is 0 Å². The summed E-state index contributed by atoms with van der Waals surface area (Å²) in [6.07, 6.45) is 1.22. The molecular formula is C35H36O4. The number of benzene rings is 4. The van der Waals surface area contributed by atoms with Crippen LogP contribution in [0.15, 0.2) is 121 Å². The molecule has 0 spiro atoms. The van der Waals surface area contributed by atoms with Crippen LogP contribution in [0.3, 0.4) is 0 Å². The SMILES string of the molecule is CCC(OC(=O)c1ccccc1)C(Cc1ccccc1)C(Cc1ccccc1)C(C)OC(=O)c1ccccc1. The summed E-state index contributed by atoms with van der Waals surface area (Å²) >= 11 is 0. The van der Waals surface area contributed by atoms with Crippen LogP contribution in [-0.4, -0.2) is 24.1 Å². The van der Waals surface area contributed by atoms with Gasteiger partial charge in [-0.2, -0.15) is 0 Å². The fraction of sp³-hybridized carbons (Fsp3) is 0.257. The zero-order valence-electron chi connectivity index (χ0n) is 22.6. The molecule has 0 N–H and O–H groups in total. The molecule has 0 amide bonds. The molecule has 4 heteroatoms. The minimum Gasteiger partial charge on any atom is -0.459 e. The van der Waals surface area contributed by atoms with Crippen LogP contribution in [0.1, 0.15) is 52.1 Å². The molecule has 4 nitrogen and oxygen atoms in total. The molecule has 0 aliphatic carbocycles. The molecule has 0 saturated carbocycles. The van der Waals surface area contributed by atoms with E-state index in [1.807, 2.05) is 86.6 Å². The first kappa shape index (κ1) is 27.8. The Morgan fingerprint density at radius 3 is 1.38 bits per heavy atom. The second kappa shape index (κ2) is 14.1. The Balaban J connectivity index is 1.68. The van der Waals surface area contributed by atoms with E-state index in [4.69, 9.17) is 9.47 Å². The molecule has 0 fully saturated rings. The van der Waals surface area contributed by atoms with E-state index in [-0.39, 0.29) is 29.9 Å². The Labute approximate surface area is 231 Å². The van der Waals surface area contributed by atoms with Crippen LogP contribution in [0.25, 0.3) is 0 Å². The fourth-order valence-corrected chi connectivity index (χ4v) is 5.15. The van der Waals surface area contributed by atoms with Gasteiger partial charge in [-0.25, -0.2) is 9.59 Å². The van der Waals surface area contributed by atoms with Gasteiger partial charge in [-0.15, -0.1) is 0 Å². The molecule has 4 aromatic carbocycles. The van der Waals surface area contributed by atoms with Crippen molar-refractivity contribution in [2.75, 3.05) is 0 Å². The van der Waals surface area contributed by atoms with E-state index < -0.39 is 6.10 Å². The van der Waals surface area contributed by atoms with Crippen molar-refractivity contribution < 1.29 is 19.1 Å². The van der Waals surface area contributed by atoms with Crippen LogP contribution in [0.4, 0.5) is 0 Å². The summed E-state index contributed by atoms with van der Waals surface area (Å²) in [5.41, 5.74) is 3.34. The number of hydrogen-bond donors (Lipinski definition) is 0. The van der Waals surface area contributed by atoms with Crippen molar-refractivity contribution in [1.29, 1.82) is 0 Å². The summed E-state index contributed by atoms with van der Waals surface area (Å²) in [5, 5.41) is 0. The fourth-order valence-electron chi connectivity index (χ4n) is 5.15. The van der Waals surface area contributed by atoms with Crippen molar-refractivity contribution in [1.82, 2.24) is 0 Å². The Morgan fingerprint density at radius 2 is 0.949 bits per heavy atom. The molecule has 39 heavy (non-hydrogen) atoms. The van der Waals surface area contributed by atoms with Gasteiger partial charge in [0.2, 0.25) is 0 Å². The summed E-state index contributed by atoms with van der Waals surface area (Å²) < 4.78 is 12.3. The topological polar surface area (TPSA) is 52.6 Å². The Hall–Kier alpha value is -4.18. The monoisotopic (exact) mass is 520 g/mol. The number of hydrogen-bond acceptors (Lipinski definition) is 4. The largest absolute Gasteiger partial charge is 0.459 e. The smallest absolute Gasteiger partial charge is 0.338 e. The second-order valence-corrected chi connectivity index (χ2v) is 9.90. The third kappa shape index (κ3) is 7.90. The quantitative estimate of drug-likeness (QED) is 0.181. The third-order valence-corrected chi connectivity index (χ3v) is 7.23. The molecule has 0 aliphatic rings. The first-order chi connectivity index (χ1) is 19.0. The lowest BCUT2D eigenvalue weighted by molar-refractivity contribution is -0.0294. The molecule has 4 aromatic rings. The van der Waals surface area contributed by atoms with Gasteiger partial charge < -0.3 is 9.47 Å². The van der Waals surface area contributed by atoms with Gasteiger partial charge in [-0.3, -0.25) is 0 Å². The van der Waals surface area contributed by atoms with E-state index in [2.05, 4.69) is 24.3 Å². The standard InChI is InChI=1S/C35H36O4/c1-3-33(39-35(37)30-22-14-7-15-23-30)32(25-28-18-10-5-11-19-28)31(24-27-16-8-4-9-17-27)26(2)38-34(36)29-20-12-6-13-21-29/h4-23,26,31-33H,3,24-25H2,1-2H3. The predicted octanol–water partition coefficient (Wildman–Crippen LogP) is 7.59. The molecule has 4 atom stereocenters. The van der Waals surface area contributed by atoms with E-state index in [0.717, 1.165) is 11.1 Å². The maximum absolute atomic E-state index is 13.2. The molecular weight excluding hydrogens is 484 g/mol. The average molecular weight is 521 g/mol. The third-order valence-electron chi connectivity index (χ3n) is 7.23. The van der Waals surface area contributed by atoms with Gasteiger partial charge in [-0.05, 0) is 61.6 Å². The Bertz CT molecular complexity index is 1290. The second-order valence-electron chi connectivity index (χ2n) is 9.90. The van der Waals surface area contributed by atoms with E-state index >= 15 is 0 Å². The van der Waals surface area contributed by atoms with Crippen LogP contribution >= 0.6 is 0 Å². The number of carbonyl (C=O) groups is 2. The van der Waals surface area contributed by atoms with Crippen LogP contribution < -0.4 is 0 Å². The van der Waals surface area contributed by atoms with Gasteiger partial charge in [0.1, 0.15) is 12.2 Å². The minimum absolute atomic E-state index is 0.0937. The molecule has 0 aromatic heterocycles. The lowest BCUT2D eigenvalue weighted by Gasteiger charge is -2.36. The van der Waals surface area contributed by atoms with Gasteiger partial charge in [0.05, 0.1) is 11.1 Å². The zero-order valence-corrected chi connectivity index (χ0v) is 22.6. The van der Waals surface area contributed by atoms with Gasteiger partial charge >= 0.3 is 11.9 Å². The molecule has 0 radical (unpaired) electrons.